The van der Waals surface area contributed by atoms with Gasteiger partial charge in [-0.1, -0.05) is 13.8 Å². The van der Waals surface area contributed by atoms with Gasteiger partial charge in [-0.25, -0.2) is 14.4 Å². The van der Waals surface area contributed by atoms with Gasteiger partial charge in [-0.3, -0.25) is 14.3 Å². The fourth-order valence-electron chi connectivity index (χ4n) is 7.61. The summed E-state index contributed by atoms with van der Waals surface area (Å²) in [6, 6.07) is 5.81. The number of halogens is 1. The molecule has 1 unspecified atom stereocenters. The van der Waals surface area contributed by atoms with Crippen molar-refractivity contribution >= 4 is 23.4 Å². The molecule has 6 rings (SSSR count). The number of hydrogen-bond donors (Lipinski definition) is 3. The smallest absolute Gasteiger partial charge is 0.254 e. The van der Waals surface area contributed by atoms with Gasteiger partial charge in [-0.05, 0) is 71.5 Å². The number of nitrogens with one attached hydrogen (secondary N) is 3. The van der Waals surface area contributed by atoms with Crippen molar-refractivity contribution in [2.75, 3.05) is 37.0 Å². The summed E-state index contributed by atoms with van der Waals surface area (Å²) in [5.74, 6) is 0.108. The largest absolute Gasteiger partial charge is 0.495 e. The number of piperidine rings is 2. The van der Waals surface area contributed by atoms with Gasteiger partial charge < -0.3 is 25.6 Å². The molecule has 1 aromatic carbocycles. The number of imidazole rings is 1. The van der Waals surface area contributed by atoms with E-state index < -0.39 is 11.7 Å². The lowest BCUT2D eigenvalue weighted by Crippen LogP contribution is -2.55. The molecule has 0 spiro atoms. The second-order valence-electron chi connectivity index (χ2n) is 12.9. The maximum atomic E-state index is 15.6. The molecule has 47 heavy (non-hydrogen) atoms. The van der Waals surface area contributed by atoms with E-state index in [1.54, 1.807) is 12.5 Å². The molecule has 0 radical (unpaired) electrons. The van der Waals surface area contributed by atoms with Gasteiger partial charge in [0.05, 0.1) is 36.3 Å². The third kappa shape index (κ3) is 6.24. The van der Waals surface area contributed by atoms with Crippen LogP contribution >= 0.6 is 0 Å². The number of anilines is 3. The van der Waals surface area contributed by atoms with E-state index in [1.165, 1.54) is 19.2 Å². The van der Waals surface area contributed by atoms with Crippen LogP contribution in [0.15, 0.2) is 24.7 Å². The minimum Gasteiger partial charge on any atom is -0.495 e. The maximum absolute atomic E-state index is 15.6. The molecule has 3 N–H and O–H groups in total. The summed E-state index contributed by atoms with van der Waals surface area (Å²) in [4.78, 5) is 31.9. The van der Waals surface area contributed by atoms with Crippen LogP contribution in [0.4, 0.5) is 21.8 Å². The molecule has 0 aliphatic carbocycles. The van der Waals surface area contributed by atoms with E-state index >= 15 is 4.39 Å². The van der Waals surface area contributed by atoms with E-state index in [2.05, 4.69) is 69.5 Å². The highest BCUT2D eigenvalue weighted by molar-refractivity contribution is 5.96. The van der Waals surface area contributed by atoms with Gasteiger partial charge >= 0.3 is 0 Å². The molecule has 2 saturated heterocycles. The number of fused-ring (bicyclic) bond motifs is 3. The number of nitrogens with zero attached hydrogens (tertiary/aromatic N) is 7. The molecule has 5 heterocycles. The number of hydrogen-bond acceptors (Lipinski definition) is 10. The highest BCUT2D eigenvalue weighted by Crippen LogP contribution is 2.42. The summed E-state index contributed by atoms with van der Waals surface area (Å²) in [7, 11) is 1.48. The Kier molecular flexibility index (Phi) is 9.61. The molecule has 13 heteroatoms. The third-order valence-electron chi connectivity index (χ3n) is 9.88. The molecule has 3 aliphatic rings. The van der Waals surface area contributed by atoms with Crippen LogP contribution in [0.1, 0.15) is 94.0 Å². The van der Waals surface area contributed by atoms with Crippen LogP contribution in [0.3, 0.4) is 0 Å². The average Bonchev–Trinajstić information content (AvgIpc) is 3.52. The van der Waals surface area contributed by atoms with Crippen LogP contribution in [0.2, 0.25) is 0 Å². The van der Waals surface area contributed by atoms with Gasteiger partial charge in [0.2, 0.25) is 5.95 Å². The van der Waals surface area contributed by atoms with Gasteiger partial charge in [0.15, 0.2) is 11.5 Å². The van der Waals surface area contributed by atoms with Crippen molar-refractivity contribution < 1.29 is 13.9 Å². The standard InChI is InChI=1S/C34H45FN10O2/c1-6-22-14-21(10-13-43(22)23-8-11-37-12-9-23)40-33(46)24-15-30(47-5)26(16-25(24)35)41-34-38-18-29-32(42-34)45(20(3)4)28(7-2)31-27(17-36)39-19-44(29)31/h15-16,18-23,28,37H,6-14H2,1-5H3,(H,40,46)(H,38,41,42)/t21?,22-,28-/m1/s1. The molecule has 2 fully saturated rings. The molecule has 3 aliphatic heterocycles. The number of rotatable bonds is 9. The van der Waals surface area contributed by atoms with Gasteiger partial charge in [0, 0.05) is 36.8 Å². The zero-order valence-electron chi connectivity index (χ0n) is 27.9. The lowest BCUT2D eigenvalue weighted by Gasteiger charge is -2.45. The molecular formula is C34H45FN10O2. The molecule has 250 valence electrons. The van der Waals surface area contributed by atoms with Crippen molar-refractivity contribution in [2.24, 2.45) is 0 Å². The van der Waals surface area contributed by atoms with E-state index in [1.807, 2.05) is 4.57 Å². The Hall–Kier alpha value is -4.28. The number of amides is 1. The first-order valence-corrected chi connectivity index (χ1v) is 16.8. The quantitative estimate of drug-likeness (QED) is 0.297. The van der Waals surface area contributed by atoms with E-state index in [0.29, 0.717) is 40.7 Å². The fraction of sp³-hybridized carbons (Fsp3) is 0.559. The Labute approximate surface area is 275 Å². The number of likely N-dealkylation sites (tertiary alicyclic amines) is 1. The summed E-state index contributed by atoms with van der Waals surface area (Å²) in [6.07, 6.45) is 9.05. The monoisotopic (exact) mass is 644 g/mol. The van der Waals surface area contributed by atoms with E-state index in [0.717, 1.165) is 63.9 Å². The zero-order valence-corrected chi connectivity index (χ0v) is 27.9. The Balaban J connectivity index is 1.21. The zero-order chi connectivity index (χ0) is 33.2. The second-order valence-corrected chi connectivity index (χ2v) is 12.9. The minimum atomic E-state index is -0.662. The predicted molar refractivity (Wildman–Crippen MR) is 178 cm³/mol. The average molecular weight is 645 g/mol. The SMILES string of the molecule is CC[C@@H]1CC(NC(=O)c2cc(OC)c(Nc3ncc4c(n3)N(C(C)C)[C@H](CC)c3c(C#N)ncn3-4)cc2F)CCN1C1CCNCC1. The summed E-state index contributed by atoms with van der Waals surface area (Å²) in [6.45, 7) is 11.4. The normalized spacial score (nSPS) is 21.6. The van der Waals surface area contributed by atoms with Crippen LogP contribution in [0.5, 0.6) is 5.75 Å². The summed E-state index contributed by atoms with van der Waals surface area (Å²) in [5.41, 5.74) is 2.14. The first-order chi connectivity index (χ1) is 22.8. The van der Waals surface area contributed by atoms with Crippen LogP contribution in [-0.2, 0) is 0 Å². The van der Waals surface area contributed by atoms with Crippen molar-refractivity contribution in [3.63, 3.8) is 0 Å². The number of ether oxygens (including phenoxy) is 1. The number of nitriles is 1. The molecular weight excluding hydrogens is 599 g/mol. The highest BCUT2D eigenvalue weighted by atomic mass is 19.1. The van der Waals surface area contributed by atoms with Crippen LogP contribution < -0.4 is 25.6 Å². The van der Waals surface area contributed by atoms with Gasteiger partial charge in [0.25, 0.3) is 5.91 Å². The minimum absolute atomic E-state index is 0.0198. The number of methoxy groups -OCH3 is 1. The van der Waals surface area contributed by atoms with E-state index in [4.69, 9.17) is 9.72 Å². The first-order valence-electron chi connectivity index (χ1n) is 16.8. The van der Waals surface area contributed by atoms with Crippen molar-refractivity contribution in [1.29, 1.82) is 5.26 Å². The molecule has 0 saturated carbocycles. The van der Waals surface area contributed by atoms with Gasteiger partial charge in [-0.2, -0.15) is 10.2 Å². The summed E-state index contributed by atoms with van der Waals surface area (Å²) in [5, 5.41) is 19.4. The summed E-state index contributed by atoms with van der Waals surface area (Å²) >= 11 is 0. The Morgan fingerprint density at radius 3 is 2.66 bits per heavy atom. The fourth-order valence-corrected chi connectivity index (χ4v) is 7.61. The number of benzene rings is 1. The molecule has 1 amide bonds. The Bertz CT molecular complexity index is 1650. The van der Waals surface area contributed by atoms with Gasteiger partial charge in [0.1, 0.15) is 29.7 Å². The number of aromatic nitrogens is 4. The molecule has 2 aromatic heterocycles. The third-order valence-corrected chi connectivity index (χ3v) is 9.88. The second kappa shape index (κ2) is 13.8. The lowest BCUT2D eigenvalue weighted by molar-refractivity contribution is 0.0566. The van der Waals surface area contributed by atoms with E-state index in [-0.39, 0.29) is 29.6 Å². The first kappa shape index (κ1) is 32.7. The lowest BCUT2D eigenvalue weighted by atomic mass is 9.91. The van der Waals surface area contributed by atoms with E-state index in [9.17, 15) is 10.1 Å². The Morgan fingerprint density at radius 2 is 1.98 bits per heavy atom. The maximum Gasteiger partial charge on any atom is 0.254 e. The predicted octanol–water partition coefficient (Wildman–Crippen LogP) is 4.83. The molecule has 3 atom stereocenters. The molecule has 3 aromatic rings. The van der Waals surface area contributed by atoms with Crippen molar-refractivity contribution in [1.82, 2.24) is 35.1 Å². The van der Waals surface area contributed by atoms with Crippen LogP contribution in [0, 0.1) is 17.1 Å². The van der Waals surface area contributed by atoms with Crippen molar-refractivity contribution in [2.45, 2.75) is 96.4 Å². The number of carbonyl (C=O) groups excluding carboxylic acids is 1. The molecule has 0 bridgehead atoms. The van der Waals surface area contributed by atoms with Crippen molar-refractivity contribution in [3.8, 4) is 17.5 Å². The summed E-state index contributed by atoms with van der Waals surface area (Å²) < 4.78 is 23.1. The van der Waals surface area contributed by atoms with Gasteiger partial charge in [-0.15, -0.1) is 0 Å². The highest BCUT2D eigenvalue weighted by Gasteiger charge is 2.37. The molecule has 12 nitrogen and oxygen atoms in total. The number of carbonyl (C=O) groups is 1. The Morgan fingerprint density at radius 1 is 1.19 bits per heavy atom. The van der Waals surface area contributed by atoms with Crippen molar-refractivity contribution in [3.05, 3.63) is 47.4 Å². The van der Waals surface area contributed by atoms with Crippen LogP contribution in [0.25, 0.3) is 5.69 Å². The van der Waals surface area contributed by atoms with Crippen LogP contribution in [-0.4, -0.2) is 81.2 Å². The topological polar surface area (TPSA) is 136 Å².